The molecule has 3 aliphatic carbocycles. The van der Waals surface area contributed by atoms with Crippen LogP contribution in [0.3, 0.4) is 0 Å². The summed E-state index contributed by atoms with van der Waals surface area (Å²) in [6.45, 7) is 12.6. The molecule has 0 aromatic heterocycles. The Labute approximate surface area is 696 Å². The summed E-state index contributed by atoms with van der Waals surface area (Å²) in [5.41, 5.74) is 3.60. The Kier molecular flexibility index (Phi) is 65.6. The number of carbonyl (C=O) groups excluding carboxylic acids is 7. The average Bonchev–Trinajstić information content (AvgIpc) is 1.26. The molecule has 5 aromatic rings. The van der Waals surface area contributed by atoms with Gasteiger partial charge >= 0.3 is 56.9 Å². The Morgan fingerprint density at radius 1 is 0.631 bits per heavy atom. The Hall–Kier alpha value is -8.89. The number of ketones is 1. The number of carbonyl (C=O) groups is 9. The standard InChI is InChI=1S/C47H59N5O9.2C10H11ClO2.2C5H8.2C2H3N.CHN.4CH3.2Ru/c1-5-14-36(42(55)45(58)48-29-39(54)52-41(33-19-10-7-11-20-33)46(59)61-47(2,3)4)49-43(56)37-28-31-16-12-21-35(27-31)60-34-25-23-30(24-26-34)15-13-22-38(53)51-40(44(57)50-37)32-17-8-6-9-18-32;2*11-9-6-4-8(5-7-9)2-1-3-10(12)13;2*1-2-4-5-3-1;2*1-2-3;1-2;;;;;;/h7,10-12,16,19-21,23-27,32,36-37,40-41H,5-6,8-9,13-15,17-18,22,28-29H2,1-4H3,(H,48,58)(H,49,56)(H,50,57)(H,51,53)(H,52,54);2*4-7H,1-3H2,(H,12,13);2*1-2H,3-5H2;2*1H3;1H;4*1H3;;/q;;;;;;;;4*-1;2*+2. The number of Topliss-reactive ketones (excluding diaryl/α,β-unsaturated/α-hetero) is 1. The number of aliphatic carboxylic acids is 2. The fourth-order valence-electron chi connectivity index (χ4n) is 11.0. The van der Waals surface area contributed by atoms with Gasteiger partial charge in [-0.3, -0.25) is 38.4 Å². The molecular weight excluding hydrogens is 1630 g/mol. The van der Waals surface area contributed by atoms with Gasteiger partial charge in [-0.2, -0.15) is 10.5 Å². The predicted molar refractivity (Wildman–Crippen MR) is 433 cm³/mol. The number of benzene rings is 5. The van der Waals surface area contributed by atoms with E-state index in [1.54, 1.807) is 94.4 Å². The van der Waals surface area contributed by atoms with Gasteiger partial charge in [0.2, 0.25) is 29.4 Å². The van der Waals surface area contributed by atoms with E-state index in [1.165, 1.54) is 52.4 Å². The molecule has 0 radical (unpaired) electrons. The zero-order valence-electron chi connectivity index (χ0n) is 66.1. The number of hydrogen-bond donors (Lipinski definition) is 7. The van der Waals surface area contributed by atoms with E-state index in [1.807, 2.05) is 72.8 Å². The van der Waals surface area contributed by atoms with E-state index in [0.717, 1.165) is 61.6 Å². The molecule has 10 rings (SSSR count). The Bertz CT molecular complexity index is 3530. The molecule has 4 atom stereocenters. The van der Waals surface area contributed by atoms with Crippen molar-refractivity contribution in [2.24, 2.45) is 5.92 Å². The van der Waals surface area contributed by atoms with Crippen LogP contribution in [0, 0.1) is 70.1 Å². The fraction of sp³-hybridized carbons (Fsp3) is 0.419. The quantitative estimate of drug-likeness (QED) is 0.0125. The molecule has 0 saturated heterocycles. The summed E-state index contributed by atoms with van der Waals surface area (Å²) in [5.74, 6) is -5.52. The van der Waals surface area contributed by atoms with Gasteiger partial charge in [0.1, 0.15) is 29.2 Å². The molecule has 2 heterocycles. The van der Waals surface area contributed by atoms with Crippen LogP contribution in [0.4, 0.5) is 0 Å². The third-order valence-electron chi connectivity index (χ3n) is 16.0. The number of aryl methyl sites for hydroxylation is 3. The minimum absolute atomic E-state index is 0. The smallest absolute Gasteiger partial charge is 0.481 e. The average molecular weight is 1740 g/mol. The largest absolute Gasteiger partial charge is 2.00 e. The molecule has 0 spiro atoms. The third-order valence-corrected chi connectivity index (χ3v) is 16.5. The van der Waals surface area contributed by atoms with Gasteiger partial charge in [-0.05, 0) is 199 Å². The van der Waals surface area contributed by atoms with E-state index in [9.17, 15) is 43.2 Å². The molecule has 21 nitrogen and oxygen atoms in total. The Morgan fingerprint density at radius 2 is 1.13 bits per heavy atom. The number of rotatable bonds is 20. The van der Waals surface area contributed by atoms with Crippen molar-refractivity contribution in [2.45, 2.75) is 219 Å². The minimum atomic E-state index is -1.30. The minimum Gasteiger partial charge on any atom is -0.481 e. The first-order valence-corrected chi connectivity index (χ1v) is 36.4. The van der Waals surface area contributed by atoms with Gasteiger partial charge in [-0.25, -0.2) is 10.1 Å². The zero-order chi connectivity index (χ0) is 77.8. The number of carboxylic acids is 2. The number of amides is 5. The molecule has 2 aliphatic heterocycles. The number of esters is 1. The maximum atomic E-state index is 14.3. The van der Waals surface area contributed by atoms with Crippen LogP contribution in [-0.2, 0) is 113 Å². The topological polar surface area (TPSA) is 344 Å². The maximum Gasteiger partial charge on any atom is 2.00 e. The summed E-state index contributed by atoms with van der Waals surface area (Å²) in [7, 11) is 0. The molecule has 5 aromatic carbocycles. The SMILES string of the molecule is C#N.C1=CCCC1.C1=CCCC1.CC#N.CC#N.CCCC(NC(=O)C1Cc2cccc(c2)Oc2ccc(cc2)CCCC(=O)NC(C2CCCCC2)C(=O)N1)C(=O)C(=O)NCC(=O)NC(C(=O)OC(C)(C)C)c1ccccc1.O=C(O)CCCc1ccc(Cl)cc1.O=C(O)CCCc1ccc(Cl)cc1.[CH3-].[CH3-].[CH3-].[CH3-].[Ru+2].[Ru+2]. The van der Waals surface area contributed by atoms with Crippen LogP contribution in [0.5, 0.6) is 11.5 Å². The van der Waals surface area contributed by atoms with Crippen molar-refractivity contribution in [3.05, 3.63) is 219 Å². The molecule has 7 N–H and O–H groups in total. The molecule has 25 heteroatoms. The van der Waals surface area contributed by atoms with Crippen LogP contribution < -0.4 is 31.3 Å². The second kappa shape index (κ2) is 65.8. The molecule has 4 bridgehead atoms. The van der Waals surface area contributed by atoms with Crippen molar-refractivity contribution in [3.63, 3.8) is 0 Å². The Balaban J connectivity index is -0.000000603. The second-order valence-electron chi connectivity index (χ2n) is 25.8. The summed E-state index contributed by atoms with van der Waals surface area (Å²) in [6, 6.07) is 37.1. The predicted octanol–water partition coefficient (Wildman–Crippen LogP) is 17.0. The molecular formula is C86H116Cl2N8O13Ru2. The summed E-state index contributed by atoms with van der Waals surface area (Å²) in [5, 5.41) is 52.9. The zero-order valence-corrected chi connectivity index (χ0v) is 71.0. The fourth-order valence-corrected chi connectivity index (χ4v) is 11.2. The molecule has 1 saturated carbocycles. The number of nitriles is 3. The molecule has 5 aliphatic rings. The van der Waals surface area contributed by atoms with Crippen molar-refractivity contribution in [2.75, 3.05) is 6.54 Å². The van der Waals surface area contributed by atoms with Gasteiger partial charge in [0.15, 0.2) is 6.04 Å². The van der Waals surface area contributed by atoms with Crippen LogP contribution in [0.25, 0.3) is 0 Å². The second-order valence-corrected chi connectivity index (χ2v) is 26.7. The van der Waals surface area contributed by atoms with Crippen LogP contribution in [0.2, 0.25) is 10.0 Å². The van der Waals surface area contributed by atoms with Crippen LogP contribution >= 0.6 is 23.2 Å². The molecule has 5 amide bonds. The van der Waals surface area contributed by atoms with Gasteiger partial charge in [0.25, 0.3) is 5.91 Å². The third kappa shape index (κ3) is 50.6. The van der Waals surface area contributed by atoms with Crippen molar-refractivity contribution in [3.8, 4) is 30.2 Å². The van der Waals surface area contributed by atoms with E-state index in [4.69, 9.17) is 58.7 Å². The van der Waals surface area contributed by atoms with Crippen molar-refractivity contribution in [1.29, 1.82) is 15.8 Å². The number of halogens is 2. The van der Waals surface area contributed by atoms with Gasteiger partial charge in [0, 0.05) is 56.1 Å². The molecule has 1 fully saturated rings. The number of carboxylic acid groups (broad SMARTS) is 2. The van der Waals surface area contributed by atoms with Crippen molar-refractivity contribution < 1.29 is 102 Å². The number of allylic oxidation sites excluding steroid dienone is 4. The Morgan fingerprint density at radius 3 is 1.58 bits per heavy atom. The van der Waals surface area contributed by atoms with E-state index in [2.05, 4.69) is 57.5 Å². The van der Waals surface area contributed by atoms with Crippen LogP contribution in [0.1, 0.15) is 197 Å². The number of ether oxygens (including phenoxy) is 2. The number of nitrogens with one attached hydrogen (secondary N) is 5. The molecule has 608 valence electrons. The molecule has 4 unspecified atom stereocenters. The van der Waals surface area contributed by atoms with E-state index < -0.39 is 83.6 Å². The van der Waals surface area contributed by atoms with Gasteiger partial charge < -0.3 is 76.0 Å². The van der Waals surface area contributed by atoms with E-state index >= 15 is 0 Å². The first-order valence-electron chi connectivity index (χ1n) is 35.6. The van der Waals surface area contributed by atoms with Gasteiger partial charge in [-0.15, -0.1) is 0 Å². The molecule has 111 heavy (non-hydrogen) atoms. The van der Waals surface area contributed by atoms with Crippen LogP contribution in [0.15, 0.2) is 152 Å². The van der Waals surface area contributed by atoms with Crippen molar-refractivity contribution >= 4 is 76.4 Å². The van der Waals surface area contributed by atoms with E-state index in [-0.39, 0.29) is 113 Å². The number of nitrogens with zero attached hydrogens (tertiary/aromatic N) is 3. The van der Waals surface area contributed by atoms with E-state index in [0.29, 0.717) is 64.8 Å². The summed E-state index contributed by atoms with van der Waals surface area (Å²) in [6.07, 6.45) is 26.7. The summed E-state index contributed by atoms with van der Waals surface area (Å²) < 4.78 is 11.6. The summed E-state index contributed by atoms with van der Waals surface area (Å²) in [4.78, 5) is 115. The maximum absolute atomic E-state index is 14.3. The van der Waals surface area contributed by atoms with Gasteiger partial charge in [-0.1, -0.05) is 159 Å². The first kappa shape index (κ1) is 111. The normalized spacial score (nSPS) is 14.6. The van der Waals surface area contributed by atoms with Crippen molar-refractivity contribution in [1.82, 2.24) is 26.6 Å². The number of hydrogen-bond acceptors (Lipinski definition) is 14. The monoisotopic (exact) mass is 1740 g/mol. The number of fused-ring (bicyclic) bond motifs is 11. The first-order chi connectivity index (χ1) is 50.4. The van der Waals surface area contributed by atoms with Gasteiger partial charge in [0.05, 0.1) is 24.7 Å². The van der Waals surface area contributed by atoms with Crippen LogP contribution in [-0.4, -0.2) is 93.7 Å². The summed E-state index contributed by atoms with van der Waals surface area (Å²) >= 11 is 11.4.